The maximum absolute atomic E-state index is 10.7. The van der Waals surface area contributed by atoms with Crippen molar-refractivity contribution < 1.29 is 70.8 Å². The molecule has 2 aliphatic rings. The maximum Gasteiger partial charge on any atom is 2.00 e. The third-order valence-electron chi connectivity index (χ3n) is 5.13. The predicted octanol–water partition coefficient (Wildman–Crippen LogP) is -0.232. The summed E-state index contributed by atoms with van der Waals surface area (Å²) < 4.78 is 10.2. The van der Waals surface area contributed by atoms with Crippen LogP contribution in [0.2, 0.25) is 0 Å². The molecule has 8 N–H and O–H groups in total. The number of carbonyl (C=O) groups is 2. The van der Waals surface area contributed by atoms with Crippen molar-refractivity contribution in [3.8, 4) is 0 Å². The molecule has 1 saturated carbocycles. The predicted molar refractivity (Wildman–Crippen MR) is 102 cm³/mol. The molecule has 12 nitrogen and oxygen atoms in total. The molecule has 0 bridgehead atoms. The van der Waals surface area contributed by atoms with Crippen LogP contribution in [0.5, 0.6) is 0 Å². The molecule has 31 heavy (non-hydrogen) atoms. The molecule has 0 aromatic carbocycles. The first kappa shape index (κ1) is 30.3. The summed E-state index contributed by atoms with van der Waals surface area (Å²) >= 11 is 0. The van der Waals surface area contributed by atoms with E-state index in [9.17, 15) is 24.9 Å². The molecule has 184 valence electrons. The average Bonchev–Trinajstić information content (AvgIpc) is 2.69. The number of rotatable bonds is 8. The smallest absolute Gasteiger partial charge is 0.676 e. The molecule has 1 heterocycles. The van der Waals surface area contributed by atoms with E-state index >= 15 is 0 Å². The van der Waals surface area contributed by atoms with E-state index in [2.05, 4.69) is 0 Å². The fraction of sp³-hybridized carbons (Fsp3) is 0.889. The summed E-state index contributed by atoms with van der Waals surface area (Å²) in [6.45, 7) is -0.718. The Morgan fingerprint density at radius 2 is 1.48 bits per heavy atom. The van der Waals surface area contributed by atoms with Gasteiger partial charge in [0.05, 0.1) is 6.61 Å². The molecule has 13 heteroatoms. The van der Waals surface area contributed by atoms with E-state index in [0.29, 0.717) is 0 Å². The molecule has 5 unspecified atom stereocenters. The first-order valence-electron chi connectivity index (χ1n) is 9.90. The van der Waals surface area contributed by atoms with Crippen LogP contribution in [0, 0.1) is 5.92 Å². The third kappa shape index (κ3) is 9.77. The van der Waals surface area contributed by atoms with Gasteiger partial charge in [0.2, 0.25) is 0 Å². The second-order valence-electron chi connectivity index (χ2n) is 7.44. The minimum Gasteiger partial charge on any atom is -0.676 e. The molecule has 0 amide bonds. The molecule has 1 aliphatic carbocycles. The Morgan fingerprint density at radius 1 is 0.968 bits per heavy atom. The molecule has 1 aliphatic heterocycles. The second-order valence-corrected chi connectivity index (χ2v) is 7.44. The van der Waals surface area contributed by atoms with Crippen molar-refractivity contribution >= 4 is 11.9 Å². The Morgan fingerprint density at radius 3 is 1.90 bits per heavy atom. The van der Waals surface area contributed by atoms with Gasteiger partial charge in [0, 0.05) is 6.61 Å². The van der Waals surface area contributed by atoms with Crippen LogP contribution < -0.4 is 0 Å². The molecule has 1 saturated heterocycles. The molecular formula is C18H32N2O10Pt. The number of hydrogen-bond acceptors (Lipinski definition) is 8. The van der Waals surface area contributed by atoms with Crippen molar-refractivity contribution in [1.82, 2.24) is 0 Å². The van der Waals surface area contributed by atoms with Crippen LogP contribution in [-0.4, -0.2) is 98.6 Å². The van der Waals surface area contributed by atoms with E-state index in [0.717, 1.165) is 12.8 Å². The number of carboxylic acids is 2. The average molecular weight is 632 g/mol. The van der Waals surface area contributed by atoms with Gasteiger partial charge in [0.15, 0.2) is 12.2 Å². The second kappa shape index (κ2) is 15.2. The molecule has 0 aromatic rings. The molecular weight excluding hydrogens is 599 g/mol. The van der Waals surface area contributed by atoms with Gasteiger partial charge in [-0.15, -0.1) is 0 Å². The quantitative estimate of drug-likeness (QED) is 0.153. The van der Waals surface area contributed by atoms with Crippen molar-refractivity contribution in [3.05, 3.63) is 11.5 Å². The number of aliphatic carboxylic acids is 2. The molecule has 0 radical (unpaired) electrons. The fourth-order valence-electron chi connectivity index (χ4n) is 3.18. The van der Waals surface area contributed by atoms with Gasteiger partial charge in [-0.2, -0.15) is 12.1 Å². The number of aliphatic hydroxyl groups is 4. The standard InChI is InChI=1S/C12H20O10.C6H12N2.Pt/c13-4-6-7(14)8(15)9(16)12(22-6)21-3-1-2-5(10(17)18)11(19)20;7-5-3-1-2-4-6(5)8;/h5-9,12-16H,1-4H2,(H,17,18)(H,19,20);5-8H,1-4H2;/q;-2;+2/t;5-,6-;/m.1./s1. The van der Waals surface area contributed by atoms with Gasteiger partial charge in [-0.3, -0.25) is 9.59 Å². The van der Waals surface area contributed by atoms with E-state index in [4.69, 9.17) is 36.3 Å². The van der Waals surface area contributed by atoms with E-state index in [-0.39, 0.29) is 52.6 Å². The van der Waals surface area contributed by atoms with Crippen molar-refractivity contribution in [2.24, 2.45) is 5.92 Å². The zero-order chi connectivity index (χ0) is 22.8. The topological polar surface area (TPSA) is 222 Å². The van der Waals surface area contributed by atoms with Crippen LogP contribution >= 0.6 is 0 Å². The monoisotopic (exact) mass is 631 g/mol. The molecule has 0 spiro atoms. The van der Waals surface area contributed by atoms with Crippen molar-refractivity contribution in [1.29, 1.82) is 0 Å². The number of nitrogens with one attached hydrogen (secondary N) is 2. The van der Waals surface area contributed by atoms with Crippen molar-refractivity contribution in [3.63, 3.8) is 0 Å². The molecule has 7 atom stereocenters. The van der Waals surface area contributed by atoms with E-state index in [1.165, 1.54) is 12.8 Å². The molecule has 2 rings (SSSR count). The Kier molecular flexibility index (Phi) is 14.9. The van der Waals surface area contributed by atoms with Gasteiger partial charge in [-0.25, -0.2) is 0 Å². The number of ether oxygens (including phenoxy) is 2. The van der Waals surface area contributed by atoms with E-state index < -0.39 is 55.2 Å². The first-order chi connectivity index (χ1) is 14.1. The molecule has 0 aromatic heterocycles. The number of carboxylic acid groups (broad SMARTS) is 2. The normalized spacial score (nSPS) is 33.1. The summed E-state index contributed by atoms with van der Waals surface area (Å²) in [5, 5.41) is 55.1. The minimum absolute atomic E-state index is 0. The Balaban J connectivity index is 0.000000838. The van der Waals surface area contributed by atoms with Gasteiger partial charge in [-0.05, 0) is 12.8 Å². The minimum atomic E-state index is -1.57. The van der Waals surface area contributed by atoms with Crippen LogP contribution in [0.3, 0.4) is 0 Å². The van der Waals surface area contributed by atoms with E-state index in [1.807, 2.05) is 0 Å². The van der Waals surface area contributed by atoms with Crippen molar-refractivity contribution in [2.75, 3.05) is 13.2 Å². The van der Waals surface area contributed by atoms with Crippen LogP contribution in [0.4, 0.5) is 0 Å². The SMILES string of the molecule is O=C(O)C(CCCOC1OC(CO)C(O)C(O)C1O)C(=O)O.[NH-][C@@H]1CCCC[C@H]1[NH-].[Pt+2]. The van der Waals surface area contributed by atoms with Gasteiger partial charge >= 0.3 is 33.0 Å². The summed E-state index contributed by atoms with van der Waals surface area (Å²) in [6, 6.07) is -0.160. The van der Waals surface area contributed by atoms with Crippen LogP contribution in [-0.2, 0) is 40.1 Å². The fourth-order valence-corrected chi connectivity index (χ4v) is 3.18. The van der Waals surface area contributed by atoms with Crippen LogP contribution in [0.25, 0.3) is 11.5 Å². The van der Waals surface area contributed by atoms with Crippen LogP contribution in [0.1, 0.15) is 38.5 Å². The zero-order valence-corrected chi connectivity index (χ0v) is 19.2. The zero-order valence-electron chi connectivity index (χ0n) is 16.9. The summed E-state index contributed by atoms with van der Waals surface area (Å²) in [5.41, 5.74) is 14.6. The summed E-state index contributed by atoms with van der Waals surface area (Å²) in [6.07, 6.45) is -2.90. The summed E-state index contributed by atoms with van der Waals surface area (Å²) in [7, 11) is 0. The Labute approximate surface area is 194 Å². The Hall–Kier alpha value is -0.692. The first-order valence-corrected chi connectivity index (χ1v) is 9.90. The van der Waals surface area contributed by atoms with Gasteiger partial charge in [0.1, 0.15) is 24.4 Å². The van der Waals surface area contributed by atoms with Gasteiger partial charge < -0.3 is 51.6 Å². The van der Waals surface area contributed by atoms with Gasteiger partial charge in [0.25, 0.3) is 0 Å². The van der Waals surface area contributed by atoms with E-state index in [1.54, 1.807) is 0 Å². The maximum atomic E-state index is 10.7. The Bertz CT molecular complexity index is 517. The van der Waals surface area contributed by atoms with Crippen LogP contribution in [0.15, 0.2) is 0 Å². The summed E-state index contributed by atoms with van der Waals surface area (Å²) in [4.78, 5) is 21.3. The van der Waals surface area contributed by atoms with Gasteiger partial charge in [-0.1, -0.05) is 25.7 Å². The summed E-state index contributed by atoms with van der Waals surface area (Å²) in [5.74, 6) is -4.47. The third-order valence-corrected chi connectivity index (χ3v) is 5.13. The van der Waals surface area contributed by atoms with Crippen molar-refractivity contribution in [2.45, 2.75) is 81.3 Å². The number of aliphatic hydroxyl groups excluding tert-OH is 4. The largest absolute Gasteiger partial charge is 2.00 e. The number of hydrogen-bond donors (Lipinski definition) is 6. The molecule has 2 fully saturated rings.